The van der Waals surface area contributed by atoms with Crippen LogP contribution in [0.4, 0.5) is 0 Å². The minimum atomic E-state index is 0.593. The van der Waals surface area contributed by atoms with Crippen molar-refractivity contribution in [2.45, 2.75) is 40.2 Å². The van der Waals surface area contributed by atoms with Crippen molar-refractivity contribution in [2.24, 2.45) is 0 Å². The summed E-state index contributed by atoms with van der Waals surface area (Å²) >= 11 is 0. The van der Waals surface area contributed by atoms with Gasteiger partial charge in [-0.2, -0.15) is 5.10 Å². The van der Waals surface area contributed by atoms with Gasteiger partial charge in [0.15, 0.2) is 0 Å². The number of rotatable bonds is 2. The first-order valence-electron chi connectivity index (χ1n) is 4.19. The molecule has 2 nitrogen and oxygen atoms in total. The largest absolute Gasteiger partial charge is 0.270 e. The first kappa shape index (κ1) is 8.31. The van der Waals surface area contributed by atoms with E-state index >= 15 is 0 Å². The summed E-state index contributed by atoms with van der Waals surface area (Å²) < 4.78 is 2.04. The molecule has 1 heterocycles. The van der Waals surface area contributed by atoms with E-state index in [4.69, 9.17) is 0 Å². The van der Waals surface area contributed by atoms with Crippen molar-refractivity contribution in [3.63, 3.8) is 0 Å². The first-order chi connectivity index (χ1) is 5.16. The van der Waals surface area contributed by atoms with Crippen molar-refractivity contribution in [3.8, 4) is 0 Å². The average molecular weight is 152 g/mol. The third-order valence-electron chi connectivity index (χ3n) is 2.06. The highest BCUT2D eigenvalue weighted by molar-refractivity contribution is 5.19. The van der Waals surface area contributed by atoms with Crippen LogP contribution in [0.25, 0.3) is 0 Å². The van der Waals surface area contributed by atoms with Crippen molar-refractivity contribution in [2.75, 3.05) is 0 Å². The summed E-state index contributed by atoms with van der Waals surface area (Å²) in [5.41, 5.74) is 2.68. The zero-order valence-electron chi connectivity index (χ0n) is 7.76. The van der Waals surface area contributed by atoms with E-state index in [0.717, 1.165) is 6.54 Å². The van der Waals surface area contributed by atoms with Gasteiger partial charge in [0.25, 0.3) is 0 Å². The lowest BCUT2D eigenvalue weighted by Gasteiger charge is -2.04. The molecule has 0 radical (unpaired) electrons. The van der Waals surface area contributed by atoms with Gasteiger partial charge in [-0.05, 0) is 25.3 Å². The Morgan fingerprint density at radius 1 is 1.55 bits per heavy atom. The van der Waals surface area contributed by atoms with E-state index in [-0.39, 0.29) is 0 Å². The minimum Gasteiger partial charge on any atom is -0.270 e. The van der Waals surface area contributed by atoms with Gasteiger partial charge in [-0.25, -0.2) is 0 Å². The van der Waals surface area contributed by atoms with Crippen molar-refractivity contribution >= 4 is 0 Å². The molecule has 0 N–H and O–H groups in total. The van der Waals surface area contributed by atoms with Crippen LogP contribution in [0.1, 0.15) is 37.9 Å². The van der Waals surface area contributed by atoms with Crippen LogP contribution in [0.15, 0.2) is 6.20 Å². The van der Waals surface area contributed by atoms with Crippen LogP contribution in [-0.4, -0.2) is 9.78 Å². The van der Waals surface area contributed by atoms with Crippen molar-refractivity contribution in [1.82, 2.24) is 9.78 Å². The monoisotopic (exact) mass is 152 g/mol. The Bertz CT molecular complexity index is 236. The topological polar surface area (TPSA) is 17.8 Å². The third kappa shape index (κ3) is 1.44. The molecule has 1 rings (SSSR count). The highest BCUT2D eigenvalue weighted by Crippen LogP contribution is 2.17. The molecule has 0 saturated carbocycles. The second kappa shape index (κ2) is 3.07. The van der Waals surface area contributed by atoms with Gasteiger partial charge in [0.05, 0.1) is 6.20 Å². The van der Waals surface area contributed by atoms with Gasteiger partial charge in [-0.3, -0.25) is 4.68 Å². The summed E-state index contributed by atoms with van der Waals surface area (Å²) in [6.07, 6.45) is 1.98. The Balaban J connectivity index is 3.00. The normalized spacial score (nSPS) is 11.0. The summed E-state index contributed by atoms with van der Waals surface area (Å²) in [6.45, 7) is 9.61. The molecule has 11 heavy (non-hydrogen) atoms. The zero-order valence-corrected chi connectivity index (χ0v) is 7.76. The Hall–Kier alpha value is -0.790. The van der Waals surface area contributed by atoms with Crippen LogP contribution in [0.2, 0.25) is 0 Å². The maximum atomic E-state index is 4.27. The molecular weight excluding hydrogens is 136 g/mol. The molecule has 0 fully saturated rings. The number of hydrogen-bond acceptors (Lipinski definition) is 1. The van der Waals surface area contributed by atoms with Crippen molar-refractivity contribution in [3.05, 3.63) is 17.5 Å². The van der Waals surface area contributed by atoms with Gasteiger partial charge in [0.2, 0.25) is 0 Å². The fraction of sp³-hybridized carbons (Fsp3) is 0.667. The number of hydrogen-bond donors (Lipinski definition) is 0. The highest BCUT2D eigenvalue weighted by atomic mass is 15.3. The lowest BCUT2D eigenvalue weighted by atomic mass is 10.1. The Morgan fingerprint density at radius 3 is 2.45 bits per heavy atom. The van der Waals surface area contributed by atoms with Gasteiger partial charge in [-0.1, -0.05) is 13.8 Å². The van der Waals surface area contributed by atoms with E-state index in [1.54, 1.807) is 0 Å². The van der Waals surface area contributed by atoms with E-state index in [1.807, 2.05) is 10.9 Å². The van der Waals surface area contributed by atoms with Crippen LogP contribution in [0.5, 0.6) is 0 Å². The summed E-state index contributed by atoms with van der Waals surface area (Å²) in [6, 6.07) is 0. The van der Waals surface area contributed by atoms with Crippen LogP contribution >= 0.6 is 0 Å². The number of aryl methyl sites for hydroxylation is 1. The van der Waals surface area contributed by atoms with Gasteiger partial charge in [-0.15, -0.1) is 0 Å². The minimum absolute atomic E-state index is 0.593. The molecule has 0 spiro atoms. The van der Waals surface area contributed by atoms with Gasteiger partial charge in [0, 0.05) is 12.2 Å². The lowest BCUT2D eigenvalue weighted by molar-refractivity contribution is 0.637. The second-order valence-electron chi connectivity index (χ2n) is 3.16. The van der Waals surface area contributed by atoms with Crippen molar-refractivity contribution < 1.29 is 0 Å². The standard InChI is InChI=1S/C9H16N2/c1-5-11-8(4)9(6-10-11)7(2)3/h6-7H,5H2,1-4H3. The zero-order chi connectivity index (χ0) is 8.43. The fourth-order valence-corrected chi connectivity index (χ4v) is 1.35. The average Bonchev–Trinajstić information content (AvgIpc) is 2.30. The van der Waals surface area contributed by atoms with Crippen LogP contribution < -0.4 is 0 Å². The molecule has 62 valence electrons. The summed E-state index contributed by atoms with van der Waals surface area (Å²) in [5.74, 6) is 0.593. The maximum Gasteiger partial charge on any atom is 0.0527 e. The molecule has 0 aliphatic carbocycles. The van der Waals surface area contributed by atoms with Crippen LogP contribution in [-0.2, 0) is 6.54 Å². The molecular formula is C9H16N2. The maximum absolute atomic E-state index is 4.27. The van der Waals surface area contributed by atoms with E-state index in [1.165, 1.54) is 11.3 Å². The SMILES string of the molecule is CCn1ncc(C(C)C)c1C. The van der Waals surface area contributed by atoms with Crippen LogP contribution in [0, 0.1) is 6.92 Å². The molecule has 0 saturated heterocycles. The third-order valence-corrected chi connectivity index (χ3v) is 2.06. The van der Waals surface area contributed by atoms with E-state index in [2.05, 4.69) is 32.8 Å². The van der Waals surface area contributed by atoms with E-state index in [0.29, 0.717) is 5.92 Å². The molecule has 0 bridgehead atoms. The predicted octanol–water partition coefficient (Wildman–Crippen LogP) is 2.33. The summed E-state index contributed by atoms with van der Waals surface area (Å²) in [7, 11) is 0. The van der Waals surface area contributed by atoms with E-state index in [9.17, 15) is 0 Å². The van der Waals surface area contributed by atoms with E-state index < -0.39 is 0 Å². The van der Waals surface area contributed by atoms with Gasteiger partial charge < -0.3 is 0 Å². The lowest BCUT2D eigenvalue weighted by Crippen LogP contribution is -1.99. The quantitative estimate of drug-likeness (QED) is 0.636. The van der Waals surface area contributed by atoms with Crippen molar-refractivity contribution in [1.29, 1.82) is 0 Å². The summed E-state index contributed by atoms with van der Waals surface area (Å²) in [4.78, 5) is 0. The summed E-state index contributed by atoms with van der Waals surface area (Å²) in [5, 5.41) is 4.27. The molecule has 2 heteroatoms. The van der Waals surface area contributed by atoms with Gasteiger partial charge in [0.1, 0.15) is 0 Å². The Kier molecular flexibility index (Phi) is 2.32. The fourth-order valence-electron chi connectivity index (χ4n) is 1.35. The molecule has 0 aromatic carbocycles. The first-order valence-corrected chi connectivity index (χ1v) is 4.19. The Labute approximate surface area is 68.2 Å². The number of aromatic nitrogens is 2. The molecule has 0 atom stereocenters. The highest BCUT2D eigenvalue weighted by Gasteiger charge is 2.07. The molecule has 1 aromatic rings. The molecule has 1 aromatic heterocycles. The smallest absolute Gasteiger partial charge is 0.0527 e. The van der Waals surface area contributed by atoms with Gasteiger partial charge >= 0.3 is 0 Å². The molecule has 0 amide bonds. The molecule has 0 aliphatic heterocycles. The Morgan fingerprint density at radius 2 is 2.18 bits per heavy atom. The predicted molar refractivity (Wildman–Crippen MR) is 46.7 cm³/mol. The van der Waals surface area contributed by atoms with Crippen LogP contribution in [0.3, 0.4) is 0 Å². The number of nitrogens with zero attached hydrogens (tertiary/aromatic N) is 2. The molecule has 0 aliphatic rings. The molecule has 0 unspecified atom stereocenters. The second-order valence-corrected chi connectivity index (χ2v) is 3.16.